The number of nitrogens with one attached hydrogen (secondary N) is 1. The largest absolute Gasteiger partial charge is 0.468 e. The third kappa shape index (κ3) is 8.90. The molecule has 0 aliphatic heterocycles. The molecule has 126 valence electrons. The minimum atomic E-state index is -4.41. The summed E-state index contributed by atoms with van der Waals surface area (Å²) in [7, 11) is 0. The normalized spacial score (nSPS) is 12.0. The van der Waals surface area contributed by atoms with Gasteiger partial charge in [-0.25, -0.2) is 9.98 Å². The predicted molar refractivity (Wildman–Crippen MR) is 89.4 cm³/mol. The van der Waals surface area contributed by atoms with Crippen LogP contribution >= 0.6 is 24.0 Å². The molecule has 0 atom stereocenters. The Morgan fingerprint density at radius 1 is 1.45 bits per heavy atom. The van der Waals surface area contributed by atoms with E-state index in [4.69, 9.17) is 5.73 Å². The van der Waals surface area contributed by atoms with Crippen LogP contribution in [0, 0.1) is 5.92 Å². The van der Waals surface area contributed by atoms with Crippen molar-refractivity contribution in [3.05, 3.63) is 23.9 Å². The Labute approximate surface area is 144 Å². The van der Waals surface area contributed by atoms with Gasteiger partial charge in [0.25, 0.3) is 0 Å². The number of halogens is 4. The molecule has 0 amide bonds. The molecule has 0 saturated heterocycles. The smallest absolute Gasteiger partial charge is 0.422 e. The van der Waals surface area contributed by atoms with Gasteiger partial charge in [-0.2, -0.15) is 13.2 Å². The summed E-state index contributed by atoms with van der Waals surface area (Å²) in [5.74, 6) is 0.549. The van der Waals surface area contributed by atoms with Crippen LogP contribution in [-0.4, -0.2) is 30.3 Å². The van der Waals surface area contributed by atoms with E-state index in [0.29, 0.717) is 18.0 Å². The van der Waals surface area contributed by atoms with Gasteiger partial charge in [-0.05, 0) is 12.0 Å². The van der Waals surface area contributed by atoms with E-state index in [1.165, 1.54) is 6.20 Å². The average Bonchev–Trinajstić information content (AvgIpc) is 2.40. The lowest BCUT2D eigenvalue weighted by Crippen LogP contribution is -2.34. The number of rotatable bonds is 6. The number of aliphatic imine (C=N–C) groups is 1. The Morgan fingerprint density at radius 3 is 2.73 bits per heavy atom. The van der Waals surface area contributed by atoms with Gasteiger partial charge in [-0.3, -0.25) is 0 Å². The maximum Gasteiger partial charge on any atom is 0.422 e. The van der Waals surface area contributed by atoms with E-state index < -0.39 is 12.8 Å². The van der Waals surface area contributed by atoms with Crippen molar-refractivity contribution in [3.63, 3.8) is 0 Å². The molecule has 0 saturated carbocycles. The highest BCUT2D eigenvalue weighted by atomic mass is 127. The zero-order valence-electron chi connectivity index (χ0n) is 12.4. The Bertz CT molecular complexity index is 481. The summed E-state index contributed by atoms with van der Waals surface area (Å²) >= 11 is 0. The summed E-state index contributed by atoms with van der Waals surface area (Å²) in [4.78, 5) is 7.83. The topological polar surface area (TPSA) is 72.5 Å². The fraction of sp³-hybridized carbons (Fsp3) is 0.538. The Morgan fingerprint density at radius 2 is 2.14 bits per heavy atom. The van der Waals surface area contributed by atoms with Crippen molar-refractivity contribution in [1.29, 1.82) is 0 Å². The van der Waals surface area contributed by atoms with E-state index >= 15 is 0 Å². The monoisotopic (exact) mass is 432 g/mol. The van der Waals surface area contributed by atoms with Crippen molar-refractivity contribution in [2.24, 2.45) is 16.6 Å². The molecule has 1 rings (SSSR count). The molecule has 1 heterocycles. The molecule has 0 aliphatic rings. The van der Waals surface area contributed by atoms with Crippen LogP contribution < -0.4 is 15.8 Å². The minimum Gasteiger partial charge on any atom is -0.468 e. The summed E-state index contributed by atoms with van der Waals surface area (Å²) < 4.78 is 41.1. The van der Waals surface area contributed by atoms with Crippen molar-refractivity contribution in [1.82, 2.24) is 10.3 Å². The summed E-state index contributed by atoms with van der Waals surface area (Å²) in [6, 6.07) is 3.20. The molecule has 0 fully saturated rings. The van der Waals surface area contributed by atoms with Crippen molar-refractivity contribution < 1.29 is 17.9 Å². The number of pyridine rings is 1. The van der Waals surface area contributed by atoms with Crippen molar-refractivity contribution in [2.75, 3.05) is 13.2 Å². The van der Waals surface area contributed by atoms with Crippen LogP contribution in [-0.2, 0) is 6.54 Å². The lowest BCUT2D eigenvalue weighted by molar-refractivity contribution is -0.154. The van der Waals surface area contributed by atoms with E-state index in [1.807, 2.05) is 13.8 Å². The second kappa shape index (κ2) is 9.70. The maximum atomic E-state index is 12.2. The molecule has 1 aromatic heterocycles. The highest BCUT2D eigenvalue weighted by Gasteiger charge is 2.29. The first-order chi connectivity index (χ1) is 9.78. The van der Waals surface area contributed by atoms with Gasteiger partial charge in [0.15, 0.2) is 12.6 Å². The van der Waals surface area contributed by atoms with Crippen LogP contribution in [0.2, 0.25) is 0 Å². The number of hydrogen-bond donors (Lipinski definition) is 2. The predicted octanol–water partition coefficient (Wildman–Crippen LogP) is 2.70. The molecule has 3 N–H and O–H groups in total. The van der Waals surface area contributed by atoms with Gasteiger partial charge in [0, 0.05) is 18.3 Å². The fourth-order valence-corrected chi connectivity index (χ4v) is 1.36. The first kappa shape index (κ1) is 20.7. The number of alkyl halides is 3. The molecule has 0 bridgehead atoms. The Balaban J connectivity index is 0.00000441. The third-order valence-corrected chi connectivity index (χ3v) is 2.33. The highest BCUT2D eigenvalue weighted by molar-refractivity contribution is 14.0. The molecule has 9 heteroatoms. The second-order valence-electron chi connectivity index (χ2n) is 4.85. The molecule has 22 heavy (non-hydrogen) atoms. The van der Waals surface area contributed by atoms with E-state index in [9.17, 15) is 13.2 Å². The lowest BCUT2D eigenvalue weighted by atomic mass is 10.2. The van der Waals surface area contributed by atoms with Gasteiger partial charge < -0.3 is 15.8 Å². The number of nitrogens with two attached hydrogens (primary N) is 1. The van der Waals surface area contributed by atoms with Gasteiger partial charge in [0.2, 0.25) is 5.88 Å². The zero-order chi connectivity index (χ0) is 15.9. The van der Waals surface area contributed by atoms with E-state index in [-0.39, 0.29) is 42.4 Å². The van der Waals surface area contributed by atoms with Crippen LogP contribution in [0.4, 0.5) is 13.2 Å². The zero-order valence-corrected chi connectivity index (χ0v) is 14.7. The summed E-state index contributed by atoms with van der Waals surface area (Å²) in [6.45, 7) is 3.41. The van der Waals surface area contributed by atoms with Crippen LogP contribution in [0.15, 0.2) is 23.3 Å². The van der Waals surface area contributed by atoms with Gasteiger partial charge in [-0.1, -0.05) is 19.9 Å². The standard InChI is InChI=1S/C13H19F3N4O.HI/c1-9(2)6-19-12(17)20-7-10-4-3-5-18-11(10)21-8-13(14,15)16;/h3-5,9H,6-8H2,1-2H3,(H3,17,19,20);1H. The molecule has 0 aliphatic carbocycles. The Kier molecular flexibility index (Phi) is 9.14. The first-order valence-corrected chi connectivity index (χ1v) is 6.45. The molecule has 0 spiro atoms. The van der Waals surface area contributed by atoms with Gasteiger partial charge in [-0.15, -0.1) is 24.0 Å². The quantitative estimate of drug-likeness (QED) is 0.412. The van der Waals surface area contributed by atoms with Crippen molar-refractivity contribution in [2.45, 2.75) is 26.6 Å². The number of guanidine groups is 1. The van der Waals surface area contributed by atoms with Crippen molar-refractivity contribution >= 4 is 29.9 Å². The molecular formula is C13H20F3IN4O. The maximum absolute atomic E-state index is 12.2. The van der Waals surface area contributed by atoms with Crippen molar-refractivity contribution in [3.8, 4) is 5.88 Å². The molecule has 0 aromatic carbocycles. The molecule has 1 aromatic rings. The molecule has 0 unspecified atom stereocenters. The lowest BCUT2D eigenvalue weighted by Gasteiger charge is -2.11. The van der Waals surface area contributed by atoms with Gasteiger partial charge >= 0.3 is 6.18 Å². The van der Waals surface area contributed by atoms with E-state index in [2.05, 4.69) is 20.0 Å². The summed E-state index contributed by atoms with van der Waals surface area (Å²) in [5.41, 5.74) is 6.10. The van der Waals surface area contributed by atoms with Gasteiger partial charge in [0.1, 0.15) is 0 Å². The van der Waals surface area contributed by atoms with Crippen LogP contribution in [0.3, 0.4) is 0 Å². The number of ether oxygens (including phenoxy) is 1. The van der Waals surface area contributed by atoms with Crippen LogP contribution in [0.5, 0.6) is 5.88 Å². The number of hydrogen-bond acceptors (Lipinski definition) is 3. The van der Waals surface area contributed by atoms with E-state index in [0.717, 1.165) is 0 Å². The second-order valence-corrected chi connectivity index (χ2v) is 4.85. The average molecular weight is 432 g/mol. The molecular weight excluding hydrogens is 412 g/mol. The fourth-order valence-electron chi connectivity index (χ4n) is 1.36. The molecule has 5 nitrogen and oxygen atoms in total. The minimum absolute atomic E-state index is 0. The number of nitrogens with zero attached hydrogens (tertiary/aromatic N) is 2. The van der Waals surface area contributed by atoms with Crippen LogP contribution in [0.25, 0.3) is 0 Å². The number of aromatic nitrogens is 1. The SMILES string of the molecule is CC(C)CNC(N)=NCc1cccnc1OCC(F)(F)F.I. The van der Waals surface area contributed by atoms with Crippen LogP contribution in [0.1, 0.15) is 19.4 Å². The summed E-state index contributed by atoms with van der Waals surface area (Å²) in [5, 5.41) is 2.91. The summed E-state index contributed by atoms with van der Waals surface area (Å²) in [6.07, 6.45) is -3.05. The Hall–Kier alpha value is -1.26. The third-order valence-electron chi connectivity index (χ3n) is 2.33. The highest BCUT2D eigenvalue weighted by Crippen LogP contribution is 2.20. The first-order valence-electron chi connectivity index (χ1n) is 6.45. The van der Waals surface area contributed by atoms with E-state index in [1.54, 1.807) is 12.1 Å². The molecule has 0 radical (unpaired) electrons. The van der Waals surface area contributed by atoms with Gasteiger partial charge in [0.05, 0.1) is 6.54 Å².